The molecule has 3 nitrogen and oxygen atoms in total. The van der Waals surface area contributed by atoms with Crippen LogP contribution in [0.25, 0.3) is 0 Å². The smallest absolute Gasteiger partial charge is 0.170 e. The van der Waals surface area contributed by atoms with Crippen LogP contribution in [-0.4, -0.2) is 5.16 Å². The first-order chi connectivity index (χ1) is 8.31. The van der Waals surface area contributed by atoms with Crippen LogP contribution in [-0.2, 0) is 6.42 Å². The number of hydrogen-bond donors (Lipinski definition) is 1. The summed E-state index contributed by atoms with van der Waals surface area (Å²) in [5.41, 5.74) is 7.14. The Morgan fingerprint density at radius 1 is 1.29 bits per heavy atom. The molecule has 0 radical (unpaired) electrons. The van der Waals surface area contributed by atoms with Crippen molar-refractivity contribution in [3.63, 3.8) is 0 Å². The minimum Gasteiger partial charge on any atom is -0.381 e. The molecule has 3 aliphatic rings. The van der Waals surface area contributed by atoms with Gasteiger partial charge in [0.1, 0.15) is 5.76 Å². The van der Waals surface area contributed by atoms with E-state index in [9.17, 15) is 0 Å². The van der Waals surface area contributed by atoms with Crippen molar-refractivity contribution in [2.24, 2.45) is 23.7 Å². The van der Waals surface area contributed by atoms with E-state index < -0.39 is 0 Å². The maximum Gasteiger partial charge on any atom is 0.170 e. The predicted molar refractivity (Wildman–Crippen MR) is 65.5 cm³/mol. The lowest BCUT2D eigenvalue weighted by atomic mass is 9.98. The molecule has 1 aromatic rings. The van der Waals surface area contributed by atoms with Crippen LogP contribution in [0.15, 0.2) is 4.52 Å². The number of nitrogen functional groups attached to an aromatic ring is 1. The van der Waals surface area contributed by atoms with Crippen LogP contribution in [0.1, 0.15) is 49.8 Å². The van der Waals surface area contributed by atoms with Gasteiger partial charge in [0.15, 0.2) is 5.82 Å². The molecule has 3 aliphatic carbocycles. The van der Waals surface area contributed by atoms with Gasteiger partial charge < -0.3 is 10.3 Å². The van der Waals surface area contributed by atoms with Gasteiger partial charge in [0.2, 0.25) is 0 Å². The van der Waals surface area contributed by atoms with Crippen LogP contribution >= 0.6 is 0 Å². The summed E-state index contributed by atoms with van der Waals surface area (Å²) in [5.74, 6) is 6.25. The highest BCUT2D eigenvalue weighted by molar-refractivity contribution is 5.45. The molecule has 3 fully saturated rings. The zero-order valence-corrected chi connectivity index (χ0v) is 10.4. The third-order valence-electron chi connectivity index (χ3n) is 5.39. The molecule has 0 amide bonds. The molecule has 0 spiro atoms. The summed E-state index contributed by atoms with van der Waals surface area (Å²) in [6.07, 6.45) is 6.53. The van der Waals surface area contributed by atoms with Crippen LogP contribution in [0, 0.1) is 23.7 Å². The van der Waals surface area contributed by atoms with Crippen LogP contribution in [0.2, 0.25) is 0 Å². The van der Waals surface area contributed by atoms with Gasteiger partial charge in [-0.2, -0.15) is 0 Å². The fraction of sp³-hybridized carbons (Fsp3) is 0.786. The van der Waals surface area contributed by atoms with E-state index in [-0.39, 0.29) is 0 Å². The maximum atomic E-state index is 5.92. The summed E-state index contributed by atoms with van der Waals surface area (Å²) >= 11 is 0. The van der Waals surface area contributed by atoms with E-state index in [0.29, 0.717) is 11.7 Å². The molecule has 0 aliphatic heterocycles. The molecular formula is C14H20N2O. The van der Waals surface area contributed by atoms with Crippen molar-refractivity contribution in [1.29, 1.82) is 0 Å². The van der Waals surface area contributed by atoms with Crippen molar-refractivity contribution < 1.29 is 4.52 Å². The molecule has 1 heterocycles. The average Bonchev–Trinajstić information content (AvgIpc) is 2.65. The average molecular weight is 232 g/mol. The van der Waals surface area contributed by atoms with Crippen molar-refractivity contribution in [3.05, 3.63) is 11.3 Å². The standard InChI is InChI=1S/C14H20N2O/c1-2-3-9-13(17-16-14(9)15)12-10-7-4-5-8(6-7)11(10)12/h7-8,10-12H,2-6H2,1H3,(H2,15,16). The molecule has 4 atom stereocenters. The lowest BCUT2D eigenvalue weighted by molar-refractivity contribution is 0.362. The Morgan fingerprint density at radius 3 is 2.65 bits per heavy atom. The summed E-state index contributed by atoms with van der Waals surface area (Å²) in [5, 5.41) is 4.00. The largest absolute Gasteiger partial charge is 0.381 e. The van der Waals surface area contributed by atoms with E-state index in [4.69, 9.17) is 10.3 Å². The fourth-order valence-electron chi connectivity index (χ4n) is 4.77. The minimum absolute atomic E-state index is 0.638. The first-order valence-corrected chi connectivity index (χ1v) is 7.05. The third-order valence-corrected chi connectivity index (χ3v) is 5.39. The predicted octanol–water partition coefficient (Wildman–Crippen LogP) is 2.97. The van der Waals surface area contributed by atoms with E-state index in [1.54, 1.807) is 0 Å². The number of fused-ring (bicyclic) bond motifs is 5. The lowest BCUT2D eigenvalue weighted by Gasteiger charge is -2.07. The summed E-state index contributed by atoms with van der Waals surface area (Å²) in [4.78, 5) is 0. The quantitative estimate of drug-likeness (QED) is 0.871. The highest BCUT2D eigenvalue weighted by atomic mass is 16.5. The minimum atomic E-state index is 0.638. The summed E-state index contributed by atoms with van der Waals surface area (Å²) in [6, 6.07) is 0. The Morgan fingerprint density at radius 2 is 2.00 bits per heavy atom. The Hall–Kier alpha value is -0.990. The second-order valence-corrected chi connectivity index (χ2v) is 6.17. The first kappa shape index (κ1) is 9.98. The SMILES string of the molecule is CCCc1c(N)noc1C1C2C3CCC(C3)C12. The number of aromatic nitrogens is 1. The number of rotatable bonds is 3. The Kier molecular flexibility index (Phi) is 1.92. The van der Waals surface area contributed by atoms with Gasteiger partial charge in [0, 0.05) is 11.5 Å². The molecule has 92 valence electrons. The number of anilines is 1. The molecule has 3 saturated carbocycles. The zero-order valence-electron chi connectivity index (χ0n) is 10.4. The van der Waals surface area contributed by atoms with Gasteiger partial charge in [-0.15, -0.1) is 0 Å². The number of hydrogen-bond acceptors (Lipinski definition) is 3. The topological polar surface area (TPSA) is 52.0 Å². The summed E-state index contributed by atoms with van der Waals surface area (Å²) in [7, 11) is 0. The van der Waals surface area contributed by atoms with Gasteiger partial charge in [0.25, 0.3) is 0 Å². The highest BCUT2D eigenvalue weighted by Gasteiger charge is 2.66. The van der Waals surface area contributed by atoms with Crippen LogP contribution in [0.4, 0.5) is 5.82 Å². The molecule has 17 heavy (non-hydrogen) atoms. The monoisotopic (exact) mass is 232 g/mol. The van der Waals surface area contributed by atoms with E-state index in [1.807, 2.05) is 0 Å². The van der Waals surface area contributed by atoms with E-state index in [0.717, 1.165) is 42.3 Å². The molecule has 2 bridgehead atoms. The zero-order chi connectivity index (χ0) is 11.6. The lowest BCUT2D eigenvalue weighted by Crippen LogP contribution is -2.00. The van der Waals surface area contributed by atoms with Crippen LogP contribution in [0.3, 0.4) is 0 Å². The summed E-state index contributed by atoms with van der Waals surface area (Å²) < 4.78 is 5.56. The van der Waals surface area contributed by atoms with Crippen molar-refractivity contribution in [3.8, 4) is 0 Å². The molecular weight excluding hydrogens is 212 g/mol. The third kappa shape index (κ3) is 1.20. The summed E-state index contributed by atoms with van der Waals surface area (Å²) in [6.45, 7) is 2.19. The van der Waals surface area contributed by atoms with Gasteiger partial charge in [-0.25, -0.2) is 0 Å². The van der Waals surface area contributed by atoms with Crippen molar-refractivity contribution in [2.45, 2.75) is 44.9 Å². The van der Waals surface area contributed by atoms with Gasteiger partial charge in [-0.1, -0.05) is 18.5 Å². The first-order valence-electron chi connectivity index (χ1n) is 7.05. The van der Waals surface area contributed by atoms with E-state index in [1.165, 1.54) is 24.8 Å². The number of nitrogens with two attached hydrogens (primary N) is 1. The fourth-order valence-corrected chi connectivity index (χ4v) is 4.77. The van der Waals surface area contributed by atoms with Gasteiger partial charge >= 0.3 is 0 Å². The van der Waals surface area contributed by atoms with Crippen LogP contribution in [0.5, 0.6) is 0 Å². The Labute approximate surface area is 102 Å². The van der Waals surface area contributed by atoms with Crippen molar-refractivity contribution in [1.82, 2.24) is 5.16 Å². The maximum absolute atomic E-state index is 5.92. The van der Waals surface area contributed by atoms with Crippen LogP contribution < -0.4 is 5.73 Å². The molecule has 4 unspecified atom stereocenters. The second kappa shape index (κ2) is 3.27. The van der Waals surface area contributed by atoms with E-state index in [2.05, 4.69) is 12.1 Å². The second-order valence-electron chi connectivity index (χ2n) is 6.17. The highest BCUT2D eigenvalue weighted by Crippen LogP contribution is 2.73. The molecule has 4 rings (SSSR count). The van der Waals surface area contributed by atoms with Gasteiger partial charge in [-0.3, -0.25) is 0 Å². The molecule has 3 heteroatoms. The molecule has 2 N–H and O–H groups in total. The van der Waals surface area contributed by atoms with Crippen molar-refractivity contribution >= 4 is 5.82 Å². The van der Waals surface area contributed by atoms with E-state index >= 15 is 0 Å². The molecule has 1 aromatic heterocycles. The van der Waals surface area contributed by atoms with Gasteiger partial charge in [-0.05, 0) is 49.4 Å². The molecule has 0 aromatic carbocycles. The van der Waals surface area contributed by atoms with Gasteiger partial charge in [0.05, 0.1) is 0 Å². The number of nitrogens with zero attached hydrogens (tertiary/aromatic N) is 1. The normalized spacial score (nSPS) is 41.8. The Balaban J connectivity index is 1.65. The Bertz CT molecular complexity index is 437. The molecule has 0 saturated heterocycles. The van der Waals surface area contributed by atoms with Crippen molar-refractivity contribution in [2.75, 3.05) is 5.73 Å².